The molecule has 0 aliphatic rings. The van der Waals surface area contributed by atoms with Gasteiger partial charge in [0.05, 0.1) is 10.6 Å². The van der Waals surface area contributed by atoms with Crippen LogP contribution in [0.4, 0.5) is 18.9 Å². The molecule has 0 saturated heterocycles. The third-order valence-electron chi connectivity index (χ3n) is 3.43. The maximum absolute atomic E-state index is 12.5. The van der Waals surface area contributed by atoms with E-state index in [-0.39, 0.29) is 16.1 Å². The number of carbonyl (C=O) groups excluding carboxylic acids is 1. The molecule has 2 rings (SSSR count). The second-order valence-electron chi connectivity index (χ2n) is 5.94. The summed E-state index contributed by atoms with van der Waals surface area (Å²) < 4.78 is 85.9. The predicted molar refractivity (Wildman–Crippen MR) is 98.9 cm³/mol. The molecule has 0 spiro atoms. The van der Waals surface area contributed by atoms with E-state index in [2.05, 4.69) is 4.72 Å². The fourth-order valence-corrected chi connectivity index (χ4v) is 3.96. The van der Waals surface area contributed by atoms with E-state index < -0.39 is 44.4 Å². The van der Waals surface area contributed by atoms with Crippen LogP contribution in [0.1, 0.15) is 15.9 Å². The quantitative estimate of drug-likeness (QED) is 0.587. The monoisotopic (exact) mass is 451 g/mol. The number of halogens is 3. The Morgan fingerprint density at radius 1 is 1.00 bits per heavy atom. The first-order chi connectivity index (χ1) is 13.3. The zero-order valence-corrected chi connectivity index (χ0v) is 16.2. The van der Waals surface area contributed by atoms with Crippen LogP contribution in [-0.2, 0) is 25.8 Å². The van der Waals surface area contributed by atoms with E-state index in [9.17, 15) is 34.8 Å². The fourth-order valence-electron chi connectivity index (χ4n) is 2.20. The van der Waals surface area contributed by atoms with Gasteiger partial charge in [0.2, 0.25) is 10.0 Å². The summed E-state index contributed by atoms with van der Waals surface area (Å²) in [6.45, 7) is -1.55. The molecule has 0 fully saturated rings. The second-order valence-corrected chi connectivity index (χ2v) is 9.23. The first-order valence-electron chi connectivity index (χ1n) is 7.82. The number of nitrogens with one attached hydrogen (secondary N) is 2. The molecule has 0 aliphatic heterocycles. The molecule has 29 heavy (non-hydrogen) atoms. The Bertz CT molecular complexity index is 1100. The highest BCUT2D eigenvalue weighted by molar-refractivity contribution is 7.92. The number of nitrogens with two attached hydrogens (primary N) is 1. The van der Waals surface area contributed by atoms with Crippen LogP contribution in [0, 0.1) is 0 Å². The van der Waals surface area contributed by atoms with Gasteiger partial charge in [0.1, 0.15) is 6.54 Å². The van der Waals surface area contributed by atoms with Gasteiger partial charge >= 0.3 is 6.18 Å². The summed E-state index contributed by atoms with van der Waals surface area (Å²) in [4.78, 5) is 11.5. The van der Waals surface area contributed by atoms with Crippen molar-refractivity contribution in [1.82, 2.24) is 5.32 Å². The largest absolute Gasteiger partial charge is 0.405 e. The number of primary sulfonamides is 1. The number of benzene rings is 2. The van der Waals surface area contributed by atoms with E-state index in [1.54, 1.807) is 5.32 Å². The highest BCUT2D eigenvalue weighted by Gasteiger charge is 2.28. The normalized spacial score (nSPS) is 12.4. The molecule has 0 aromatic heterocycles. The highest BCUT2D eigenvalue weighted by Crippen LogP contribution is 2.19. The Morgan fingerprint density at radius 2 is 1.62 bits per heavy atom. The van der Waals surface area contributed by atoms with Crippen LogP contribution < -0.4 is 15.2 Å². The molecule has 158 valence electrons. The van der Waals surface area contributed by atoms with Crippen molar-refractivity contribution < 1.29 is 34.8 Å². The number of carbonyl (C=O) groups is 1. The molecule has 0 aliphatic carbocycles. The number of hydrogen-bond acceptors (Lipinski definition) is 5. The SMILES string of the molecule is NS(=O)(=O)Cc1ccc(NS(=O)(=O)c2cccc(C(=O)NCC(F)(F)F)c2)cc1. The molecule has 0 heterocycles. The molecule has 13 heteroatoms. The van der Waals surface area contributed by atoms with Gasteiger partial charge in [-0.05, 0) is 35.9 Å². The van der Waals surface area contributed by atoms with Crippen LogP contribution >= 0.6 is 0 Å². The van der Waals surface area contributed by atoms with Crippen LogP contribution in [-0.4, -0.2) is 35.5 Å². The number of alkyl halides is 3. The molecular weight excluding hydrogens is 435 g/mol. The van der Waals surface area contributed by atoms with Gasteiger partial charge in [-0.3, -0.25) is 9.52 Å². The van der Waals surface area contributed by atoms with Gasteiger partial charge in [-0.2, -0.15) is 13.2 Å². The van der Waals surface area contributed by atoms with Gasteiger partial charge in [-0.25, -0.2) is 22.0 Å². The Balaban J connectivity index is 2.16. The molecule has 0 saturated carbocycles. The predicted octanol–water partition coefficient (Wildman–Crippen LogP) is 1.57. The minimum atomic E-state index is -4.60. The van der Waals surface area contributed by atoms with E-state index in [0.717, 1.165) is 12.1 Å². The average Bonchev–Trinajstić information content (AvgIpc) is 2.59. The van der Waals surface area contributed by atoms with E-state index in [1.165, 1.54) is 36.4 Å². The minimum absolute atomic E-state index is 0.107. The van der Waals surface area contributed by atoms with Crippen LogP contribution in [0.2, 0.25) is 0 Å². The molecule has 0 atom stereocenters. The van der Waals surface area contributed by atoms with E-state index >= 15 is 0 Å². The summed E-state index contributed by atoms with van der Waals surface area (Å²) in [6, 6.07) is 9.85. The summed E-state index contributed by atoms with van der Waals surface area (Å²) in [7, 11) is -7.90. The third kappa shape index (κ3) is 7.36. The lowest BCUT2D eigenvalue weighted by Crippen LogP contribution is -2.33. The van der Waals surface area contributed by atoms with Gasteiger partial charge in [0.25, 0.3) is 15.9 Å². The molecule has 8 nitrogen and oxygen atoms in total. The zero-order valence-electron chi connectivity index (χ0n) is 14.6. The molecule has 1 amide bonds. The summed E-state index contributed by atoms with van der Waals surface area (Å²) >= 11 is 0. The Hall–Kier alpha value is -2.64. The smallest absolute Gasteiger partial charge is 0.343 e. The second kappa shape index (κ2) is 8.39. The summed E-state index contributed by atoms with van der Waals surface area (Å²) in [5.74, 6) is -1.50. The third-order valence-corrected chi connectivity index (χ3v) is 5.54. The lowest BCUT2D eigenvalue weighted by molar-refractivity contribution is -0.123. The first kappa shape index (κ1) is 22.6. The number of rotatable bonds is 7. The number of hydrogen-bond donors (Lipinski definition) is 3. The highest BCUT2D eigenvalue weighted by atomic mass is 32.2. The Kier molecular flexibility index (Phi) is 6.55. The molecular formula is C16H16F3N3O5S2. The van der Waals surface area contributed by atoms with Crippen molar-refractivity contribution in [3.05, 3.63) is 59.7 Å². The summed E-state index contributed by atoms with van der Waals surface area (Å²) in [6.07, 6.45) is -4.60. The number of amides is 1. The summed E-state index contributed by atoms with van der Waals surface area (Å²) in [5, 5.41) is 6.59. The van der Waals surface area contributed by atoms with Crippen molar-refractivity contribution >= 4 is 31.6 Å². The molecule has 0 bridgehead atoms. The van der Waals surface area contributed by atoms with Gasteiger partial charge < -0.3 is 5.32 Å². The molecule has 2 aromatic carbocycles. The maximum atomic E-state index is 12.5. The first-order valence-corrected chi connectivity index (χ1v) is 11.0. The van der Waals surface area contributed by atoms with Crippen molar-refractivity contribution in [2.45, 2.75) is 16.8 Å². The van der Waals surface area contributed by atoms with Crippen molar-refractivity contribution in [3.8, 4) is 0 Å². The van der Waals surface area contributed by atoms with Gasteiger partial charge in [0, 0.05) is 11.3 Å². The standard InChI is InChI=1S/C16H16F3N3O5S2/c17-16(18,19)10-21-15(23)12-2-1-3-14(8-12)29(26,27)22-13-6-4-11(5-7-13)9-28(20,24)25/h1-8,22H,9-10H2,(H,21,23)(H2,20,24,25). The maximum Gasteiger partial charge on any atom is 0.405 e. The zero-order chi connectivity index (χ0) is 21.9. The van der Waals surface area contributed by atoms with Crippen LogP contribution in [0.3, 0.4) is 0 Å². The fraction of sp³-hybridized carbons (Fsp3) is 0.188. The summed E-state index contributed by atoms with van der Waals surface area (Å²) in [5.41, 5.74) is 0.189. The molecule has 0 radical (unpaired) electrons. The molecule has 0 unspecified atom stereocenters. The van der Waals surface area contributed by atoms with Crippen molar-refractivity contribution in [1.29, 1.82) is 0 Å². The minimum Gasteiger partial charge on any atom is -0.343 e. The molecule has 4 N–H and O–H groups in total. The number of anilines is 1. The van der Waals surface area contributed by atoms with E-state index in [0.29, 0.717) is 5.56 Å². The number of sulfonamides is 2. The van der Waals surface area contributed by atoms with Crippen LogP contribution in [0.25, 0.3) is 0 Å². The lowest BCUT2D eigenvalue weighted by atomic mass is 10.2. The topological polar surface area (TPSA) is 135 Å². The lowest BCUT2D eigenvalue weighted by Gasteiger charge is -2.11. The van der Waals surface area contributed by atoms with Gasteiger partial charge in [0.15, 0.2) is 0 Å². The van der Waals surface area contributed by atoms with Crippen molar-refractivity contribution in [2.75, 3.05) is 11.3 Å². The average molecular weight is 451 g/mol. The van der Waals surface area contributed by atoms with E-state index in [1.807, 2.05) is 0 Å². The van der Waals surface area contributed by atoms with Gasteiger partial charge in [-0.15, -0.1) is 0 Å². The Morgan fingerprint density at radius 3 is 2.17 bits per heavy atom. The van der Waals surface area contributed by atoms with E-state index in [4.69, 9.17) is 5.14 Å². The van der Waals surface area contributed by atoms with Crippen molar-refractivity contribution in [3.63, 3.8) is 0 Å². The van der Waals surface area contributed by atoms with Crippen LogP contribution in [0.15, 0.2) is 53.4 Å². The van der Waals surface area contributed by atoms with Crippen molar-refractivity contribution in [2.24, 2.45) is 5.14 Å². The Labute approximate surface area is 165 Å². The molecule has 2 aromatic rings. The van der Waals surface area contributed by atoms with Crippen LogP contribution in [0.5, 0.6) is 0 Å². The van der Waals surface area contributed by atoms with Gasteiger partial charge in [-0.1, -0.05) is 18.2 Å².